The fraction of sp³-hybridized carbons (Fsp3) is 0.368. The van der Waals surface area contributed by atoms with Gasteiger partial charge in [-0.05, 0) is 47.9 Å². The third-order valence-electron chi connectivity index (χ3n) is 4.12. The molecule has 0 aliphatic carbocycles. The van der Waals surface area contributed by atoms with Gasteiger partial charge in [0, 0.05) is 19.1 Å². The van der Waals surface area contributed by atoms with E-state index in [-0.39, 0.29) is 6.04 Å². The van der Waals surface area contributed by atoms with Gasteiger partial charge in [-0.25, -0.2) is 0 Å². The standard InChI is InChI=1S/C19H27N3/c20-13-17-5-1-15(2-6-17)9-11-19(22)12-10-16-3-7-18(14-21)8-4-16/h1-8,19H,9-14,20-22H2. The second kappa shape index (κ2) is 8.69. The molecule has 2 aromatic carbocycles. The Bertz CT molecular complexity index is 494. The maximum atomic E-state index is 6.24. The minimum atomic E-state index is 0.239. The molecule has 0 aliphatic heterocycles. The highest BCUT2D eigenvalue weighted by Gasteiger charge is 2.04. The van der Waals surface area contributed by atoms with Crippen LogP contribution < -0.4 is 17.2 Å². The molecule has 3 nitrogen and oxygen atoms in total. The molecule has 0 amide bonds. The molecule has 0 aliphatic rings. The van der Waals surface area contributed by atoms with Crippen LogP contribution in [0.2, 0.25) is 0 Å². The maximum absolute atomic E-state index is 6.24. The van der Waals surface area contributed by atoms with Crippen LogP contribution in [0.15, 0.2) is 48.5 Å². The molecule has 0 radical (unpaired) electrons. The molecule has 118 valence electrons. The number of hydrogen-bond acceptors (Lipinski definition) is 3. The van der Waals surface area contributed by atoms with E-state index in [1.54, 1.807) is 0 Å². The van der Waals surface area contributed by atoms with E-state index in [2.05, 4.69) is 48.5 Å². The Hall–Kier alpha value is -1.68. The van der Waals surface area contributed by atoms with Crippen LogP contribution in [0, 0.1) is 0 Å². The lowest BCUT2D eigenvalue weighted by Crippen LogP contribution is -2.21. The van der Waals surface area contributed by atoms with E-state index in [1.165, 1.54) is 22.3 Å². The van der Waals surface area contributed by atoms with Gasteiger partial charge in [-0.15, -0.1) is 0 Å². The first-order valence-electron chi connectivity index (χ1n) is 8.02. The molecule has 0 saturated heterocycles. The Balaban J connectivity index is 1.73. The molecule has 0 spiro atoms. The van der Waals surface area contributed by atoms with Crippen LogP contribution in [0.5, 0.6) is 0 Å². The second-order valence-electron chi connectivity index (χ2n) is 5.88. The van der Waals surface area contributed by atoms with Crippen molar-refractivity contribution in [2.24, 2.45) is 17.2 Å². The van der Waals surface area contributed by atoms with Gasteiger partial charge in [0.15, 0.2) is 0 Å². The van der Waals surface area contributed by atoms with E-state index in [4.69, 9.17) is 17.2 Å². The summed E-state index contributed by atoms with van der Waals surface area (Å²) in [5.74, 6) is 0. The van der Waals surface area contributed by atoms with E-state index in [0.29, 0.717) is 13.1 Å². The summed E-state index contributed by atoms with van der Waals surface area (Å²) in [6.45, 7) is 1.20. The first-order valence-corrected chi connectivity index (χ1v) is 8.02. The van der Waals surface area contributed by atoms with Crippen LogP contribution in [0.25, 0.3) is 0 Å². The summed E-state index contributed by atoms with van der Waals surface area (Å²) in [7, 11) is 0. The fourth-order valence-electron chi connectivity index (χ4n) is 2.53. The molecular formula is C19H27N3. The summed E-state index contributed by atoms with van der Waals surface area (Å²) in [6.07, 6.45) is 4.09. The molecule has 0 unspecified atom stereocenters. The highest BCUT2D eigenvalue weighted by atomic mass is 14.6. The van der Waals surface area contributed by atoms with E-state index in [0.717, 1.165) is 25.7 Å². The van der Waals surface area contributed by atoms with E-state index < -0.39 is 0 Å². The largest absolute Gasteiger partial charge is 0.328 e. The fourth-order valence-corrected chi connectivity index (χ4v) is 2.53. The van der Waals surface area contributed by atoms with Gasteiger partial charge in [-0.3, -0.25) is 0 Å². The minimum absolute atomic E-state index is 0.239. The first-order chi connectivity index (χ1) is 10.7. The van der Waals surface area contributed by atoms with Crippen molar-refractivity contribution >= 4 is 0 Å². The number of rotatable bonds is 8. The van der Waals surface area contributed by atoms with Gasteiger partial charge in [0.2, 0.25) is 0 Å². The van der Waals surface area contributed by atoms with E-state index >= 15 is 0 Å². The molecule has 2 aromatic rings. The van der Waals surface area contributed by atoms with Gasteiger partial charge in [0.05, 0.1) is 0 Å². The first kappa shape index (κ1) is 16.7. The smallest absolute Gasteiger partial charge is 0.0178 e. The van der Waals surface area contributed by atoms with Crippen molar-refractivity contribution in [2.45, 2.75) is 44.8 Å². The molecule has 0 bridgehead atoms. The van der Waals surface area contributed by atoms with E-state index in [9.17, 15) is 0 Å². The average Bonchev–Trinajstić information content (AvgIpc) is 2.59. The molecule has 6 N–H and O–H groups in total. The number of hydrogen-bond donors (Lipinski definition) is 3. The molecule has 3 heteroatoms. The Labute approximate surface area is 133 Å². The Kier molecular flexibility index (Phi) is 6.59. The number of benzene rings is 2. The quantitative estimate of drug-likeness (QED) is 0.700. The summed E-state index contributed by atoms with van der Waals surface area (Å²) < 4.78 is 0. The normalized spacial score (nSPS) is 11.1. The molecular weight excluding hydrogens is 270 g/mol. The molecule has 22 heavy (non-hydrogen) atoms. The van der Waals surface area contributed by atoms with Crippen LogP contribution in [-0.2, 0) is 25.9 Å². The summed E-state index contributed by atoms with van der Waals surface area (Å²) in [6, 6.07) is 17.2. The van der Waals surface area contributed by atoms with Crippen LogP contribution in [0.4, 0.5) is 0 Å². The van der Waals surface area contributed by atoms with Crippen molar-refractivity contribution in [1.29, 1.82) is 0 Å². The van der Waals surface area contributed by atoms with Crippen molar-refractivity contribution in [3.05, 3.63) is 70.8 Å². The van der Waals surface area contributed by atoms with E-state index in [1.807, 2.05) is 0 Å². The lowest BCUT2D eigenvalue weighted by Gasteiger charge is -2.12. The Morgan fingerprint density at radius 2 is 0.909 bits per heavy atom. The third-order valence-corrected chi connectivity index (χ3v) is 4.12. The maximum Gasteiger partial charge on any atom is 0.0178 e. The van der Waals surface area contributed by atoms with Gasteiger partial charge in [-0.1, -0.05) is 48.5 Å². The van der Waals surface area contributed by atoms with Crippen molar-refractivity contribution in [1.82, 2.24) is 0 Å². The SMILES string of the molecule is NCc1ccc(CCC(N)CCc2ccc(CN)cc2)cc1. The average molecular weight is 297 g/mol. The van der Waals surface area contributed by atoms with Gasteiger partial charge in [-0.2, -0.15) is 0 Å². The molecule has 0 heterocycles. The molecule has 2 rings (SSSR count). The number of nitrogens with two attached hydrogens (primary N) is 3. The zero-order chi connectivity index (χ0) is 15.8. The van der Waals surface area contributed by atoms with Crippen molar-refractivity contribution < 1.29 is 0 Å². The van der Waals surface area contributed by atoms with Crippen molar-refractivity contribution in [3.8, 4) is 0 Å². The molecule has 0 aromatic heterocycles. The van der Waals surface area contributed by atoms with Crippen LogP contribution in [0.1, 0.15) is 35.1 Å². The molecule has 0 fully saturated rings. The topological polar surface area (TPSA) is 78.1 Å². The Morgan fingerprint density at radius 3 is 1.23 bits per heavy atom. The predicted molar refractivity (Wildman–Crippen MR) is 93.3 cm³/mol. The summed E-state index contributed by atoms with van der Waals surface area (Å²) in [4.78, 5) is 0. The summed E-state index contributed by atoms with van der Waals surface area (Å²) in [5.41, 5.74) is 22.5. The predicted octanol–water partition coefficient (Wildman–Crippen LogP) is 2.50. The second-order valence-corrected chi connectivity index (χ2v) is 5.88. The van der Waals surface area contributed by atoms with Gasteiger partial charge < -0.3 is 17.2 Å². The van der Waals surface area contributed by atoms with Crippen molar-refractivity contribution in [3.63, 3.8) is 0 Å². The van der Waals surface area contributed by atoms with Crippen LogP contribution >= 0.6 is 0 Å². The highest BCUT2D eigenvalue weighted by Crippen LogP contribution is 2.11. The van der Waals surface area contributed by atoms with Crippen molar-refractivity contribution in [2.75, 3.05) is 0 Å². The van der Waals surface area contributed by atoms with Crippen LogP contribution in [0.3, 0.4) is 0 Å². The van der Waals surface area contributed by atoms with Crippen LogP contribution in [-0.4, -0.2) is 6.04 Å². The summed E-state index contributed by atoms with van der Waals surface area (Å²) >= 11 is 0. The monoisotopic (exact) mass is 297 g/mol. The number of aryl methyl sites for hydroxylation is 2. The zero-order valence-corrected chi connectivity index (χ0v) is 13.2. The Morgan fingerprint density at radius 1 is 0.591 bits per heavy atom. The lowest BCUT2D eigenvalue weighted by atomic mass is 9.99. The zero-order valence-electron chi connectivity index (χ0n) is 13.2. The van der Waals surface area contributed by atoms with Gasteiger partial charge in [0.25, 0.3) is 0 Å². The lowest BCUT2D eigenvalue weighted by molar-refractivity contribution is 0.568. The third kappa shape index (κ3) is 5.26. The van der Waals surface area contributed by atoms with Gasteiger partial charge in [0.1, 0.15) is 0 Å². The summed E-state index contributed by atoms with van der Waals surface area (Å²) in [5, 5.41) is 0. The minimum Gasteiger partial charge on any atom is -0.328 e. The molecule has 0 atom stereocenters. The molecule has 0 saturated carbocycles. The van der Waals surface area contributed by atoms with Gasteiger partial charge >= 0.3 is 0 Å². The highest BCUT2D eigenvalue weighted by molar-refractivity contribution is 5.23.